The van der Waals surface area contributed by atoms with Crippen molar-refractivity contribution in [3.63, 3.8) is 0 Å². The summed E-state index contributed by atoms with van der Waals surface area (Å²) in [5.74, 6) is 1.12. The minimum atomic E-state index is -0.243. The van der Waals surface area contributed by atoms with E-state index < -0.39 is 0 Å². The van der Waals surface area contributed by atoms with Gasteiger partial charge in [0.15, 0.2) is 6.61 Å². The van der Waals surface area contributed by atoms with E-state index in [1.165, 1.54) is 45.2 Å². The van der Waals surface area contributed by atoms with Gasteiger partial charge in [0.05, 0.1) is 12.0 Å². The lowest BCUT2D eigenvalue weighted by Gasteiger charge is -2.45. The molecule has 1 aliphatic carbocycles. The molecule has 7 heteroatoms. The minimum absolute atomic E-state index is 0.0151. The first-order valence-electron chi connectivity index (χ1n) is 13.3. The van der Waals surface area contributed by atoms with E-state index in [2.05, 4.69) is 4.90 Å². The average Bonchev–Trinajstić information content (AvgIpc) is 3.35. The minimum Gasteiger partial charge on any atom is -0.483 e. The Morgan fingerprint density at radius 2 is 1.94 bits per heavy atom. The highest BCUT2D eigenvalue weighted by atomic mass is 16.5. The maximum atomic E-state index is 13.4. The summed E-state index contributed by atoms with van der Waals surface area (Å²) in [6, 6.07) is 4.42. The summed E-state index contributed by atoms with van der Waals surface area (Å²) in [5.41, 5.74) is 3.03. The Morgan fingerprint density at radius 3 is 2.80 bits per heavy atom. The fourth-order valence-corrected chi connectivity index (χ4v) is 6.44. The highest BCUT2D eigenvalue weighted by Crippen LogP contribution is 2.35. The molecular formula is C28H38N2O5. The van der Waals surface area contributed by atoms with Crippen LogP contribution in [-0.4, -0.2) is 68.3 Å². The van der Waals surface area contributed by atoms with Gasteiger partial charge in [-0.15, -0.1) is 0 Å². The van der Waals surface area contributed by atoms with E-state index in [4.69, 9.17) is 13.9 Å². The molecule has 2 saturated heterocycles. The van der Waals surface area contributed by atoms with Crippen molar-refractivity contribution in [1.29, 1.82) is 0 Å². The number of carbonyl (C=O) groups excluding carboxylic acids is 1. The van der Waals surface area contributed by atoms with Crippen molar-refractivity contribution in [1.82, 2.24) is 9.80 Å². The molecule has 35 heavy (non-hydrogen) atoms. The fraction of sp³-hybridized carbons (Fsp3) is 0.643. The molecule has 3 aliphatic rings. The number of methoxy groups -OCH3 is 1. The van der Waals surface area contributed by atoms with E-state index in [1.54, 1.807) is 7.11 Å². The zero-order valence-electron chi connectivity index (χ0n) is 21.1. The maximum absolute atomic E-state index is 13.4. The first kappa shape index (κ1) is 24.3. The summed E-state index contributed by atoms with van der Waals surface area (Å²) in [5, 5.41) is 0.851. The van der Waals surface area contributed by atoms with Crippen molar-refractivity contribution in [2.45, 2.75) is 64.3 Å². The van der Waals surface area contributed by atoms with Crippen LogP contribution in [0.15, 0.2) is 21.3 Å². The standard InChI is InChI=1S/C28H38N2O5/c1-19-15-24(27-21-8-5-9-22(21)28(32)35-25(27)16-19)34-18-26(31)30(13-14-33-2)17-20-7-6-12-29-11-4-3-10-23(20)29/h15-16,20,23H,3-14,17-18H2,1-2H3. The number of piperidine rings is 2. The second-order valence-corrected chi connectivity index (χ2v) is 10.5. The fourth-order valence-electron chi connectivity index (χ4n) is 6.44. The number of amides is 1. The number of fused-ring (bicyclic) bond motifs is 4. The molecule has 0 spiro atoms. The van der Waals surface area contributed by atoms with Crippen molar-refractivity contribution in [3.8, 4) is 5.75 Å². The molecule has 0 bridgehead atoms. The highest BCUT2D eigenvalue weighted by Gasteiger charge is 2.34. The molecule has 7 nitrogen and oxygen atoms in total. The second-order valence-electron chi connectivity index (χ2n) is 10.5. The average molecular weight is 483 g/mol. The van der Waals surface area contributed by atoms with Gasteiger partial charge >= 0.3 is 5.63 Å². The van der Waals surface area contributed by atoms with Gasteiger partial charge in [-0.1, -0.05) is 6.42 Å². The zero-order chi connectivity index (χ0) is 24.4. The SMILES string of the molecule is COCCN(CC1CCCN2CCCCC12)C(=O)COc1cc(C)cc2oc(=O)c3c(c12)CCC3. The number of aryl methyl sites for hydroxylation is 2. The van der Waals surface area contributed by atoms with E-state index in [1.807, 2.05) is 24.0 Å². The van der Waals surface area contributed by atoms with Crippen LogP contribution >= 0.6 is 0 Å². The molecule has 1 aromatic heterocycles. The molecule has 190 valence electrons. The Balaban J connectivity index is 1.34. The molecule has 2 aromatic rings. The molecule has 0 radical (unpaired) electrons. The van der Waals surface area contributed by atoms with Crippen LogP contribution in [-0.2, 0) is 22.4 Å². The summed E-state index contributed by atoms with van der Waals surface area (Å²) in [7, 11) is 1.68. The van der Waals surface area contributed by atoms with Gasteiger partial charge in [-0.25, -0.2) is 4.79 Å². The largest absolute Gasteiger partial charge is 0.483 e. The van der Waals surface area contributed by atoms with E-state index in [0.29, 0.717) is 36.4 Å². The Labute approximate surface area is 207 Å². The number of rotatable bonds is 8. The summed E-state index contributed by atoms with van der Waals surface area (Å²) in [4.78, 5) is 30.4. The Hall–Kier alpha value is -2.38. The Bertz CT molecular complexity index is 1120. The van der Waals surface area contributed by atoms with Crippen molar-refractivity contribution in [2.24, 2.45) is 5.92 Å². The van der Waals surface area contributed by atoms with Gasteiger partial charge in [-0.2, -0.15) is 0 Å². The van der Waals surface area contributed by atoms with Crippen LogP contribution in [0.25, 0.3) is 11.0 Å². The van der Waals surface area contributed by atoms with Crippen molar-refractivity contribution in [3.05, 3.63) is 39.2 Å². The van der Waals surface area contributed by atoms with E-state index >= 15 is 0 Å². The monoisotopic (exact) mass is 482 g/mol. The molecule has 0 N–H and O–H groups in total. The highest BCUT2D eigenvalue weighted by molar-refractivity contribution is 5.89. The first-order valence-corrected chi connectivity index (χ1v) is 13.3. The topological polar surface area (TPSA) is 72.2 Å². The molecule has 1 amide bonds. The van der Waals surface area contributed by atoms with Crippen molar-refractivity contribution < 1.29 is 18.7 Å². The van der Waals surface area contributed by atoms with Crippen LogP contribution in [0.2, 0.25) is 0 Å². The molecule has 2 aliphatic heterocycles. The summed E-state index contributed by atoms with van der Waals surface area (Å²) in [6.07, 6.45) is 8.71. The molecule has 5 rings (SSSR count). The van der Waals surface area contributed by atoms with E-state index in [0.717, 1.165) is 47.9 Å². The van der Waals surface area contributed by atoms with Gasteiger partial charge in [-0.05, 0) is 94.1 Å². The van der Waals surface area contributed by atoms with Gasteiger partial charge in [0, 0.05) is 31.8 Å². The molecule has 0 saturated carbocycles. The lowest BCUT2D eigenvalue weighted by atomic mass is 9.83. The van der Waals surface area contributed by atoms with Gasteiger partial charge in [0.1, 0.15) is 11.3 Å². The Kier molecular flexibility index (Phi) is 7.44. The third kappa shape index (κ3) is 5.12. The third-order valence-corrected chi connectivity index (χ3v) is 8.13. The van der Waals surface area contributed by atoms with Crippen molar-refractivity contribution >= 4 is 16.9 Å². The predicted molar refractivity (Wildman–Crippen MR) is 135 cm³/mol. The van der Waals surface area contributed by atoms with E-state index in [9.17, 15) is 9.59 Å². The quantitative estimate of drug-likeness (QED) is 0.534. The molecule has 2 atom stereocenters. The van der Waals surface area contributed by atoms with E-state index in [-0.39, 0.29) is 18.1 Å². The second kappa shape index (κ2) is 10.7. The molecule has 2 unspecified atom stereocenters. The number of ether oxygens (including phenoxy) is 2. The number of hydrogen-bond donors (Lipinski definition) is 0. The zero-order valence-corrected chi connectivity index (χ0v) is 21.1. The first-order chi connectivity index (χ1) is 17.0. The number of carbonyl (C=O) groups is 1. The Morgan fingerprint density at radius 1 is 1.11 bits per heavy atom. The van der Waals surface area contributed by atoms with Crippen LogP contribution in [0, 0.1) is 12.8 Å². The summed E-state index contributed by atoms with van der Waals surface area (Å²) < 4.78 is 17.1. The van der Waals surface area contributed by atoms with Crippen LogP contribution < -0.4 is 10.4 Å². The smallest absolute Gasteiger partial charge is 0.339 e. The molecule has 1 aromatic carbocycles. The summed E-state index contributed by atoms with van der Waals surface area (Å²) >= 11 is 0. The molecule has 2 fully saturated rings. The maximum Gasteiger partial charge on any atom is 0.339 e. The van der Waals surface area contributed by atoms with Gasteiger partial charge in [-0.3, -0.25) is 4.79 Å². The van der Waals surface area contributed by atoms with Crippen molar-refractivity contribution in [2.75, 3.05) is 46.5 Å². The predicted octanol–water partition coefficient (Wildman–Crippen LogP) is 3.71. The van der Waals surface area contributed by atoms with Crippen LogP contribution in [0.1, 0.15) is 55.2 Å². The van der Waals surface area contributed by atoms with Crippen LogP contribution in [0.3, 0.4) is 0 Å². The third-order valence-electron chi connectivity index (χ3n) is 8.13. The number of hydrogen-bond acceptors (Lipinski definition) is 6. The lowest BCUT2D eigenvalue weighted by Crippen LogP contribution is -2.52. The number of benzene rings is 1. The van der Waals surface area contributed by atoms with Crippen LogP contribution in [0.5, 0.6) is 5.75 Å². The van der Waals surface area contributed by atoms with Gasteiger partial charge in [0.2, 0.25) is 0 Å². The molecule has 3 heterocycles. The summed E-state index contributed by atoms with van der Waals surface area (Å²) in [6.45, 7) is 6.14. The van der Waals surface area contributed by atoms with Crippen LogP contribution in [0.4, 0.5) is 0 Å². The van der Waals surface area contributed by atoms with Gasteiger partial charge in [0.25, 0.3) is 5.91 Å². The molecular weight excluding hydrogens is 444 g/mol. The van der Waals surface area contributed by atoms with Gasteiger partial charge < -0.3 is 23.7 Å². The lowest BCUT2D eigenvalue weighted by molar-refractivity contribution is -0.135. The normalized spacial score (nSPS) is 22.1. The number of nitrogens with zero attached hydrogens (tertiary/aromatic N) is 2.